The maximum atomic E-state index is 12.2. The normalized spacial score (nSPS) is 13.8. The Bertz CT molecular complexity index is 580. The molecule has 21 heavy (non-hydrogen) atoms. The molecule has 1 rings (SSSR count). The fourth-order valence-electron chi connectivity index (χ4n) is 1.92. The first-order valence-electron chi connectivity index (χ1n) is 6.94. The standard InChI is InChI=1S/C16H24O4S/c1-12(10-15(17)20-5)21(18,19)11-13-6-8-14(9-7-13)16(2,3)4/h6-9,12H,10-11H2,1-5H3. The second-order valence-electron chi connectivity index (χ2n) is 6.34. The van der Waals surface area contributed by atoms with Crippen LogP contribution in [0.3, 0.4) is 0 Å². The molecule has 0 aliphatic rings. The van der Waals surface area contributed by atoms with Crippen LogP contribution < -0.4 is 0 Å². The van der Waals surface area contributed by atoms with Crippen molar-refractivity contribution in [1.29, 1.82) is 0 Å². The van der Waals surface area contributed by atoms with Gasteiger partial charge in [-0.15, -0.1) is 0 Å². The molecule has 1 aromatic carbocycles. The number of carbonyl (C=O) groups excluding carboxylic acids is 1. The van der Waals surface area contributed by atoms with Gasteiger partial charge in [0.1, 0.15) is 0 Å². The van der Waals surface area contributed by atoms with Crippen molar-refractivity contribution < 1.29 is 17.9 Å². The van der Waals surface area contributed by atoms with Gasteiger partial charge in [0.15, 0.2) is 9.84 Å². The molecule has 0 radical (unpaired) electrons. The predicted molar refractivity (Wildman–Crippen MR) is 83.9 cm³/mol. The molecular formula is C16H24O4S. The first-order chi connectivity index (χ1) is 9.56. The monoisotopic (exact) mass is 312 g/mol. The molecule has 0 saturated carbocycles. The number of sulfone groups is 1. The summed E-state index contributed by atoms with van der Waals surface area (Å²) in [6, 6.07) is 7.58. The Labute approximate surface area is 127 Å². The summed E-state index contributed by atoms with van der Waals surface area (Å²) < 4.78 is 29.0. The van der Waals surface area contributed by atoms with E-state index in [0.717, 1.165) is 11.1 Å². The molecule has 0 aromatic heterocycles. The maximum absolute atomic E-state index is 12.2. The number of ether oxygens (including phenoxy) is 1. The third-order valence-corrected chi connectivity index (χ3v) is 5.61. The highest BCUT2D eigenvalue weighted by Crippen LogP contribution is 2.23. The molecule has 0 saturated heterocycles. The van der Waals surface area contributed by atoms with E-state index in [9.17, 15) is 13.2 Å². The van der Waals surface area contributed by atoms with E-state index in [1.165, 1.54) is 14.0 Å². The summed E-state index contributed by atoms with van der Waals surface area (Å²) in [6.45, 7) is 7.86. The Hall–Kier alpha value is -1.36. The van der Waals surface area contributed by atoms with Gasteiger partial charge in [-0.25, -0.2) is 8.42 Å². The van der Waals surface area contributed by atoms with Gasteiger partial charge >= 0.3 is 5.97 Å². The molecule has 0 bridgehead atoms. The van der Waals surface area contributed by atoms with Crippen LogP contribution in [0.5, 0.6) is 0 Å². The van der Waals surface area contributed by atoms with Crippen molar-refractivity contribution in [1.82, 2.24) is 0 Å². The van der Waals surface area contributed by atoms with E-state index in [4.69, 9.17) is 0 Å². The molecule has 1 aromatic rings. The molecule has 0 amide bonds. The van der Waals surface area contributed by atoms with E-state index in [1.54, 1.807) is 0 Å². The van der Waals surface area contributed by atoms with Crippen molar-refractivity contribution >= 4 is 15.8 Å². The fraction of sp³-hybridized carbons (Fsp3) is 0.562. The van der Waals surface area contributed by atoms with Crippen molar-refractivity contribution in [2.45, 2.75) is 50.5 Å². The van der Waals surface area contributed by atoms with Gasteiger partial charge in [-0.3, -0.25) is 4.79 Å². The van der Waals surface area contributed by atoms with Crippen LogP contribution in [0.1, 0.15) is 45.2 Å². The first-order valence-corrected chi connectivity index (χ1v) is 8.65. The summed E-state index contributed by atoms with van der Waals surface area (Å²) >= 11 is 0. The van der Waals surface area contributed by atoms with E-state index < -0.39 is 21.1 Å². The van der Waals surface area contributed by atoms with Crippen molar-refractivity contribution in [3.8, 4) is 0 Å². The Morgan fingerprint density at radius 3 is 2.14 bits per heavy atom. The number of esters is 1. The van der Waals surface area contributed by atoms with Gasteiger partial charge in [-0.2, -0.15) is 0 Å². The molecule has 5 heteroatoms. The lowest BCUT2D eigenvalue weighted by Gasteiger charge is -2.19. The number of methoxy groups -OCH3 is 1. The fourth-order valence-corrected chi connectivity index (χ4v) is 3.25. The largest absolute Gasteiger partial charge is 0.469 e. The van der Waals surface area contributed by atoms with Crippen molar-refractivity contribution in [3.05, 3.63) is 35.4 Å². The van der Waals surface area contributed by atoms with Crippen LogP contribution >= 0.6 is 0 Å². The quantitative estimate of drug-likeness (QED) is 0.784. The van der Waals surface area contributed by atoms with Gasteiger partial charge in [-0.05, 0) is 23.5 Å². The van der Waals surface area contributed by atoms with Crippen LogP contribution in [-0.4, -0.2) is 26.7 Å². The van der Waals surface area contributed by atoms with Crippen LogP contribution in [0.25, 0.3) is 0 Å². The molecule has 0 N–H and O–H groups in total. The predicted octanol–water partition coefficient (Wildman–Crippen LogP) is 2.85. The average molecular weight is 312 g/mol. The number of hydrogen-bond acceptors (Lipinski definition) is 4. The van der Waals surface area contributed by atoms with Crippen molar-refractivity contribution in [3.63, 3.8) is 0 Å². The summed E-state index contributed by atoms with van der Waals surface area (Å²) in [7, 11) is -2.11. The highest BCUT2D eigenvalue weighted by atomic mass is 32.2. The summed E-state index contributed by atoms with van der Waals surface area (Å²) in [5.41, 5.74) is 1.93. The maximum Gasteiger partial charge on any atom is 0.306 e. The lowest BCUT2D eigenvalue weighted by molar-refractivity contribution is -0.140. The topological polar surface area (TPSA) is 60.4 Å². The van der Waals surface area contributed by atoms with Crippen molar-refractivity contribution in [2.24, 2.45) is 0 Å². The Morgan fingerprint density at radius 1 is 1.19 bits per heavy atom. The molecule has 0 fully saturated rings. The van der Waals surface area contributed by atoms with Crippen LogP contribution in [0, 0.1) is 0 Å². The second-order valence-corrected chi connectivity index (χ2v) is 8.76. The zero-order valence-corrected chi connectivity index (χ0v) is 14.2. The summed E-state index contributed by atoms with van der Waals surface area (Å²) in [6.07, 6.45) is -0.112. The molecule has 1 unspecified atom stereocenters. The van der Waals surface area contributed by atoms with E-state index in [2.05, 4.69) is 25.5 Å². The minimum atomic E-state index is -3.37. The molecule has 1 atom stereocenters. The zero-order chi connectivity index (χ0) is 16.3. The third kappa shape index (κ3) is 5.16. The van der Waals surface area contributed by atoms with Gasteiger partial charge in [0.05, 0.1) is 24.5 Å². The van der Waals surface area contributed by atoms with Crippen LogP contribution in [0.2, 0.25) is 0 Å². The van der Waals surface area contributed by atoms with E-state index in [1.807, 2.05) is 24.3 Å². The number of carbonyl (C=O) groups is 1. The average Bonchev–Trinajstić information content (AvgIpc) is 2.37. The van der Waals surface area contributed by atoms with Gasteiger partial charge in [0, 0.05) is 0 Å². The summed E-state index contributed by atoms with van der Waals surface area (Å²) in [5, 5.41) is -0.743. The van der Waals surface area contributed by atoms with E-state index >= 15 is 0 Å². The van der Waals surface area contributed by atoms with E-state index in [0.29, 0.717) is 0 Å². The van der Waals surface area contributed by atoms with Crippen LogP contribution in [0.4, 0.5) is 0 Å². The number of benzene rings is 1. The molecular weight excluding hydrogens is 288 g/mol. The Balaban J connectivity index is 2.82. The van der Waals surface area contributed by atoms with Crippen molar-refractivity contribution in [2.75, 3.05) is 7.11 Å². The Kier molecular flexibility index (Phi) is 5.56. The minimum Gasteiger partial charge on any atom is -0.469 e. The minimum absolute atomic E-state index is 0.0373. The van der Waals surface area contributed by atoms with Gasteiger partial charge in [0.2, 0.25) is 0 Å². The van der Waals surface area contributed by atoms with E-state index in [-0.39, 0.29) is 17.6 Å². The molecule has 0 spiro atoms. The SMILES string of the molecule is COC(=O)CC(C)S(=O)(=O)Cc1ccc(C(C)(C)C)cc1. The molecule has 0 heterocycles. The molecule has 118 valence electrons. The third-order valence-electron chi connectivity index (χ3n) is 3.48. The lowest BCUT2D eigenvalue weighted by atomic mass is 9.87. The highest BCUT2D eigenvalue weighted by Gasteiger charge is 2.24. The van der Waals surface area contributed by atoms with Gasteiger partial charge in [-0.1, -0.05) is 45.0 Å². The summed E-state index contributed by atoms with van der Waals surface area (Å²) in [4.78, 5) is 11.2. The second kappa shape index (κ2) is 6.60. The van der Waals surface area contributed by atoms with Gasteiger partial charge < -0.3 is 4.74 Å². The molecule has 0 aliphatic heterocycles. The molecule has 0 aliphatic carbocycles. The number of hydrogen-bond donors (Lipinski definition) is 0. The van der Waals surface area contributed by atoms with Crippen LogP contribution in [0.15, 0.2) is 24.3 Å². The zero-order valence-electron chi connectivity index (χ0n) is 13.3. The summed E-state index contributed by atoms with van der Waals surface area (Å²) in [5.74, 6) is -0.565. The lowest BCUT2D eigenvalue weighted by Crippen LogP contribution is -2.23. The smallest absolute Gasteiger partial charge is 0.306 e. The van der Waals surface area contributed by atoms with Crippen LogP contribution in [-0.2, 0) is 30.5 Å². The number of rotatable bonds is 5. The molecule has 4 nitrogen and oxygen atoms in total. The Morgan fingerprint density at radius 2 is 1.71 bits per heavy atom. The highest BCUT2D eigenvalue weighted by molar-refractivity contribution is 7.91. The van der Waals surface area contributed by atoms with Gasteiger partial charge in [0.25, 0.3) is 0 Å². The first kappa shape index (κ1) is 17.7.